The molecule has 0 spiro atoms. The highest BCUT2D eigenvalue weighted by Crippen LogP contribution is 2.22. The second-order valence-corrected chi connectivity index (χ2v) is 4.50. The maximum atomic E-state index is 13.4. The van der Waals surface area contributed by atoms with Crippen LogP contribution in [0.15, 0.2) is 40.8 Å². The van der Waals surface area contributed by atoms with Crippen LogP contribution in [0.2, 0.25) is 0 Å². The highest BCUT2D eigenvalue weighted by atomic mass is 19.1. The summed E-state index contributed by atoms with van der Waals surface area (Å²) < 4.78 is 24.4. The zero-order chi connectivity index (χ0) is 14.1. The number of ether oxygens (including phenoxy) is 1. The molecule has 0 bridgehead atoms. The van der Waals surface area contributed by atoms with Crippen molar-refractivity contribution in [2.75, 3.05) is 5.73 Å². The molecule has 0 unspecified atom stereocenters. The average molecular weight is 272 g/mol. The predicted octanol–water partition coefficient (Wildman–Crippen LogP) is 3.44. The molecule has 0 saturated carbocycles. The molecule has 0 aliphatic rings. The van der Waals surface area contributed by atoms with E-state index in [1.165, 1.54) is 6.07 Å². The Hall–Kier alpha value is -2.56. The van der Waals surface area contributed by atoms with Crippen molar-refractivity contribution in [1.82, 2.24) is 4.98 Å². The summed E-state index contributed by atoms with van der Waals surface area (Å²) in [5.41, 5.74) is 8.15. The number of oxazole rings is 1. The van der Waals surface area contributed by atoms with Gasteiger partial charge in [0.15, 0.2) is 12.2 Å². The molecule has 3 rings (SSSR count). The first-order valence-corrected chi connectivity index (χ1v) is 6.16. The molecule has 0 radical (unpaired) electrons. The molecular weight excluding hydrogens is 259 g/mol. The lowest BCUT2D eigenvalue weighted by Gasteiger charge is -2.04. The predicted molar refractivity (Wildman–Crippen MR) is 73.9 cm³/mol. The number of halogens is 1. The lowest BCUT2D eigenvalue weighted by atomic mass is 10.2. The minimum absolute atomic E-state index is 0.122. The number of nitrogen functional groups attached to an aromatic ring is 1. The third kappa shape index (κ3) is 2.30. The second-order valence-electron chi connectivity index (χ2n) is 4.50. The van der Waals surface area contributed by atoms with Crippen LogP contribution >= 0.6 is 0 Å². The highest BCUT2D eigenvalue weighted by molar-refractivity contribution is 5.85. The minimum Gasteiger partial charge on any atom is -0.484 e. The smallest absolute Gasteiger partial charge is 0.233 e. The number of fused-ring (bicyclic) bond motifs is 1. The number of nitrogens with two attached hydrogens (primary N) is 1. The van der Waals surface area contributed by atoms with Gasteiger partial charge in [0.25, 0.3) is 0 Å². The van der Waals surface area contributed by atoms with Crippen LogP contribution in [-0.4, -0.2) is 4.98 Å². The summed E-state index contributed by atoms with van der Waals surface area (Å²) in [6, 6.07) is 10.0. The van der Waals surface area contributed by atoms with Crippen LogP contribution in [0, 0.1) is 12.7 Å². The van der Waals surface area contributed by atoms with Crippen LogP contribution in [0.1, 0.15) is 11.5 Å². The van der Waals surface area contributed by atoms with Crippen molar-refractivity contribution in [2.45, 2.75) is 13.5 Å². The normalized spacial score (nSPS) is 10.9. The number of nitrogens with zero attached hydrogens (tertiary/aromatic N) is 1. The first-order chi connectivity index (χ1) is 9.63. The number of rotatable bonds is 3. The van der Waals surface area contributed by atoms with Crippen molar-refractivity contribution in [3.63, 3.8) is 0 Å². The van der Waals surface area contributed by atoms with E-state index in [0.29, 0.717) is 34.0 Å². The zero-order valence-electron chi connectivity index (χ0n) is 10.9. The lowest BCUT2D eigenvalue weighted by molar-refractivity contribution is 0.266. The van der Waals surface area contributed by atoms with Gasteiger partial charge in [0.05, 0.1) is 5.69 Å². The summed E-state index contributed by atoms with van der Waals surface area (Å²) in [6.45, 7) is 1.82. The molecule has 0 aliphatic heterocycles. The monoisotopic (exact) mass is 272 g/mol. The Morgan fingerprint density at radius 3 is 2.90 bits per heavy atom. The minimum atomic E-state index is -0.302. The van der Waals surface area contributed by atoms with Gasteiger partial charge < -0.3 is 14.9 Å². The molecule has 5 heteroatoms. The van der Waals surface area contributed by atoms with E-state index in [2.05, 4.69) is 4.98 Å². The van der Waals surface area contributed by atoms with E-state index in [-0.39, 0.29) is 12.4 Å². The molecule has 4 nitrogen and oxygen atoms in total. The van der Waals surface area contributed by atoms with Gasteiger partial charge in [-0.3, -0.25) is 0 Å². The fraction of sp³-hybridized carbons (Fsp3) is 0.133. The molecule has 0 saturated heterocycles. The van der Waals surface area contributed by atoms with Crippen molar-refractivity contribution in [1.29, 1.82) is 0 Å². The van der Waals surface area contributed by atoms with Crippen LogP contribution < -0.4 is 10.5 Å². The van der Waals surface area contributed by atoms with Crippen molar-refractivity contribution in [3.8, 4) is 5.75 Å². The molecule has 3 aromatic rings. The summed E-state index contributed by atoms with van der Waals surface area (Å²) in [7, 11) is 0. The Morgan fingerprint density at radius 2 is 2.15 bits per heavy atom. The van der Waals surface area contributed by atoms with E-state index >= 15 is 0 Å². The topological polar surface area (TPSA) is 61.3 Å². The summed E-state index contributed by atoms with van der Waals surface area (Å²) in [6.07, 6.45) is 0. The Kier molecular flexibility index (Phi) is 3.02. The fourth-order valence-corrected chi connectivity index (χ4v) is 1.89. The molecule has 0 atom stereocenters. The van der Waals surface area contributed by atoms with Crippen LogP contribution in [0.4, 0.5) is 10.1 Å². The largest absolute Gasteiger partial charge is 0.484 e. The van der Waals surface area contributed by atoms with Crippen molar-refractivity contribution in [2.24, 2.45) is 0 Å². The van der Waals surface area contributed by atoms with E-state index in [1.807, 2.05) is 0 Å². The van der Waals surface area contributed by atoms with Gasteiger partial charge >= 0.3 is 0 Å². The highest BCUT2D eigenvalue weighted by Gasteiger charge is 2.09. The summed E-state index contributed by atoms with van der Waals surface area (Å²) in [5.74, 6) is 0.534. The molecule has 20 heavy (non-hydrogen) atoms. The van der Waals surface area contributed by atoms with Gasteiger partial charge in [-0.2, -0.15) is 0 Å². The SMILES string of the molecule is Cc1ccc(OCc2nc3c(N)cccc3o2)cc1F. The fourth-order valence-electron chi connectivity index (χ4n) is 1.89. The number of para-hydroxylation sites is 1. The first-order valence-electron chi connectivity index (χ1n) is 6.16. The molecule has 102 valence electrons. The third-order valence-electron chi connectivity index (χ3n) is 3.00. The number of aryl methyl sites for hydroxylation is 1. The Bertz CT molecular complexity index is 768. The molecule has 0 amide bonds. The van der Waals surface area contributed by atoms with Crippen molar-refractivity contribution in [3.05, 3.63) is 53.7 Å². The van der Waals surface area contributed by atoms with E-state index < -0.39 is 0 Å². The lowest BCUT2D eigenvalue weighted by Crippen LogP contribution is -1.96. The summed E-state index contributed by atoms with van der Waals surface area (Å²) in [5, 5.41) is 0. The average Bonchev–Trinajstić information content (AvgIpc) is 2.85. The zero-order valence-corrected chi connectivity index (χ0v) is 10.9. The molecule has 1 heterocycles. The third-order valence-corrected chi connectivity index (χ3v) is 3.00. The van der Waals surface area contributed by atoms with Gasteiger partial charge in [0, 0.05) is 6.07 Å². The number of anilines is 1. The van der Waals surface area contributed by atoms with E-state index in [0.717, 1.165) is 0 Å². The van der Waals surface area contributed by atoms with Crippen LogP contribution in [0.3, 0.4) is 0 Å². The van der Waals surface area contributed by atoms with E-state index in [1.54, 1.807) is 37.3 Å². The van der Waals surface area contributed by atoms with E-state index in [4.69, 9.17) is 14.9 Å². The van der Waals surface area contributed by atoms with Crippen LogP contribution in [0.25, 0.3) is 11.1 Å². The summed E-state index contributed by atoms with van der Waals surface area (Å²) >= 11 is 0. The van der Waals surface area contributed by atoms with Gasteiger partial charge in [-0.15, -0.1) is 0 Å². The van der Waals surface area contributed by atoms with Crippen LogP contribution in [-0.2, 0) is 6.61 Å². The number of benzene rings is 2. The van der Waals surface area contributed by atoms with Gasteiger partial charge in [-0.05, 0) is 30.7 Å². The van der Waals surface area contributed by atoms with Crippen molar-refractivity contribution < 1.29 is 13.5 Å². The number of hydrogen-bond donors (Lipinski definition) is 1. The molecular formula is C15H13FN2O2. The second kappa shape index (κ2) is 4.85. The standard InChI is InChI=1S/C15H13FN2O2/c1-9-5-6-10(7-11(9)16)19-8-14-18-15-12(17)3-2-4-13(15)20-14/h2-7H,8,17H2,1H3. The molecule has 2 N–H and O–H groups in total. The maximum Gasteiger partial charge on any atom is 0.233 e. The Labute approximate surface area is 115 Å². The molecule has 2 aromatic carbocycles. The maximum absolute atomic E-state index is 13.4. The first kappa shape index (κ1) is 12.5. The summed E-state index contributed by atoms with van der Waals surface area (Å²) in [4.78, 5) is 4.26. The van der Waals surface area contributed by atoms with E-state index in [9.17, 15) is 4.39 Å². The van der Waals surface area contributed by atoms with Crippen LogP contribution in [0.5, 0.6) is 5.75 Å². The number of hydrogen-bond acceptors (Lipinski definition) is 4. The molecule has 0 aliphatic carbocycles. The van der Waals surface area contributed by atoms with Gasteiger partial charge in [-0.1, -0.05) is 12.1 Å². The van der Waals surface area contributed by atoms with Gasteiger partial charge in [0.1, 0.15) is 17.1 Å². The molecule has 0 fully saturated rings. The Morgan fingerprint density at radius 1 is 1.30 bits per heavy atom. The van der Waals surface area contributed by atoms with Crippen molar-refractivity contribution >= 4 is 16.8 Å². The quantitative estimate of drug-likeness (QED) is 0.742. The van der Waals surface area contributed by atoms with Gasteiger partial charge in [-0.25, -0.2) is 9.37 Å². The number of aromatic nitrogens is 1. The van der Waals surface area contributed by atoms with Gasteiger partial charge in [0.2, 0.25) is 5.89 Å². The molecule has 1 aromatic heterocycles. The Balaban J connectivity index is 1.79.